The molecule has 1 aromatic heterocycles. The summed E-state index contributed by atoms with van der Waals surface area (Å²) < 4.78 is 26.4. The highest BCUT2D eigenvalue weighted by molar-refractivity contribution is 14.0. The number of nitrogens with one attached hydrogen (secondary N) is 2. The minimum absolute atomic E-state index is 0. The second-order valence-electron chi connectivity index (χ2n) is 5.97. The summed E-state index contributed by atoms with van der Waals surface area (Å²) >= 11 is 0. The van der Waals surface area contributed by atoms with Crippen LogP contribution in [0, 0.1) is 5.92 Å². The van der Waals surface area contributed by atoms with E-state index in [9.17, 15) is 8.42 Å². The van der Waals surface area contributed by atoms with Gasteiger partial charge in [-0.3, -0.25) is 9.67 Å². The Morgan fingerprint density at radius 3 is 2.79 bits per heavy atom. The van der Waals surface area contributed by atoms with E-state index in [1.165, 1.54) is 5.56 Å². The van der Waals surface area contributed by atoms with Gasteiger partial charge in [-0.2, -0.15) is 5.10 Å². The first-order valence-corrected chi connectivity index (χ1v) is 9.64. The van der Waals surface area contributed by atoms with E-state index in [1.807, 2.05) is 17.9 Å². The molecular weight excluding hydrogens is 443 g/mol. The van der Waals surface area contributed by atoms with Crippen LogP contribution in [0.3, 0.4) is 0 Å². The molecule has 1 saturated heterocycles. The second kappa shape index (κ2) is 9.56. The van der Waals surface area contributed by atoms with Crippen molar-refractivity contribution in [3.8, 4) is 0 Å². The van der Waals surface area contributed by atoms with E-state index in [0.29, 0.717) is 19.0 Å². The maximum atomic E-state index is 11.0. The molecular formula is C14H27IN6O2S. The topological polar surface area (TPSA) is 91.6 Å². The maximum absolute atomic E-state index is 11.0. The zero-order valence-corrected chi connectivity index (χ0v) is 17.5. The number of hydrogen-bond donors (Lipinski definition) is 2. The van der Waals surface area contributed by atoms with E-state index in [1.54, 1.807) is 7.05 Å². The van der Waals surface area contributed by atoms with Crippen molar-refractivity contribution in [2.24, 2.45) is 18.0 Å². The van der Waals surface area contributed by atoms with Gasteiger partial charge in [0.25, 0.3) is 0 Å². The molecule has 1 atom stereocenters. The Bertz CT molecular complexity index is 645. The SMILES string of the molecule is CN=C(NCCNS(C)(=O)=O)N1CCC(Cc2cnn(C)c2)C1.I. The molecule has 2 heterocycles. The van der Waals surface area contributed by atoms with Crippen LogP contribution >= 0.6 is 24.0 Å². The zero-order chi connectivity index (χ0) is 16.9. The Kier molecular flexibility index (Phi) is 8.43. The van der Waals surface area contributed by atoms with Crippen molar-refractivity contribution in [1.29, 1.82) is 0 Å². The molecule has 0 radical (unpaired) electrons. The predicted octanol–water partition coefficient (Wildman–Crippen LogP) is 0.0271. The summed E-state index contributed by atoms with van der Waals surface area (Å²) in [6, 6.07) is 0. The highest BCUT2D eigenvalue weighted by atomic mass is 127. The number of sulfonamides is 1. The molecule has 0 aliphatic carbocycles. The largest absolute Gasteiger partial charge is 0.355 e. The van der Waals surface area contributed by atoms with Crippen LogP contribution in [0.5, 0.6) is 0 Å². The number of rotatable bonds is 6. The van der Waals surface area contributed by atoms with Gasteiger partial charge in [-0.1, -0.05) is 0 Å². The van der Waals surface area contributed by atoms with E-state index >= 15 is 0 Å². The standard InChI is InChI=1S/C14H26N6O2S.HI/c1-15-14(16-5-6-18-23(3,21)22)20-7-4-12(11-20)8-13-9-17-19(2)10-13;/h9-10,12,18H,4-8,11H2,1-3H3,(H,15,16);1H. The lowest BCUT2D eigenvalue weighted by molar-refractivity contribution is 0.460. The average molecular weight is 470 g/mol. The third-order valence-electron chi connectivity index (χ3n) is 3.85. The highest BCUT2D eigenvalue weighted by Crippen LogP contribution is 2.20. The van der Waals surface area contributed by atoms with Crippen LogP contribution in [0.1, 0.15) is 12.0 Å². The molecule has 1 unspecified atom stereocenters. The van der Waals surface area contributed by atoms with Crippen LogP contribution in [0.15, 0.2) is 17.4 Å². The number of aryl methyl sites for hydroxylation is 1. The summed E-state index contributed by atoms with van der Waals surface area (Å²) in [5.41, 5.74) is 1.26. The van der Waals surface area contributed by atoms with Gasteiger partial charge >= 0.3 is 0 Å². The second-order valence-corrected chi connectivity index (χ2v) is 7.80. The summed E-state index contributed by atoms with van der Waals surface area (Å²) in [5, 5.41) is 7.41. The fraction of sp³-hybridized carbons (Fsp3) is 0.714. The number of likely N-dealkylation sites (tertiary alicyclic amines) is 1. The molecule has 8 nitrogen and oxygen atoms in total. The molecule has 1 fully saturated rings. The smallest absolute Gasteiger partial charge is 0.208 e. The van der Waals surface area contributed by atoms with E-state index in [2.05, 4.69) is 31.2 Å². The Morgan fingerprint density at radius 2 is 2.21 bits per heavy atom. The molecule has 10 heteroatoms. The fourth-order valence-electron chi connectivity index (χ4n) is 2.85. The van der Waals surface area contributed by atoms with Gasteiger partial charge in [-0.05, 0) is 24.3 Å². The van der Waals surface area contributed by atoms with E-state index in [4.69, 9.17) is 0 Å². The lowest BCUT2D eigenvalue weighted by Gasteiger charge is -2.21. The Labute approximate surface area is 161 Å². The summed E-state index contributed by atoms with van der Waals surface area (Å²) in [6.45, 7) is 2.78. The minimum atomic E-state index is -3.14. The van der Waals surface area contributed by atoms with Gasteiger partial charge in [0, 0.05) is 46.5 Å². The van der Waals surface area contributed by atoms with Crippen molar-refractivity contribution in [2.45, 2.75) is 12.8 Å². The molecule has 1 aliphatic heterocycles. The van der Waals surface area contributed by atoms with Gasteiger partial charge in [-0.25, -0.2) is 13.1 Å². The fourth-order valence-corrected chi connectivity index (χ4v) is 3.32. The summed E-state index contributed by atoms with van der Waals surface area (Å²) in [6.07, 6.45) is 7.29. The summed E-state index contributed by atoms with van der Waals surface area (Å²) in [7, 11) is 0.541. The zero-order valence-electron chi connectivity index (χ0n) is 14.4. The van der Waals surface area contributed by atoms with Gasteiger partial charge in [0.1, 0.15) is 0 Å². The van der Waals surface area contributed by atoms with Crippen molar-refractivity contribution in [3.63, 3.8) is 0 Å². The van der Waals surface area contributed by atoms with Crippen LogP contribution in [0.4, 0.5) is 0 Å². The van der Waals surface area contributed by atoms with Gasteiger partial charge in [0.2, 0.25) is 10.0 Å². The van der Waals surface area contributed by atoms with Crippen molar-refractivity contribution in [3.05, 3.63) is 18.0 Å². The average Bonchev–Trinajstić information content (AvgIpc) is 3.08. The number of halogens is 1. The first-order valence-electron chi connectivity index (χ1n) is 7.75. The molecule has 0 aromatic carbocycles. The van der Waals surface area contributed by atoms with E-state index in [0.717, 1.165) is 38.1 Å². The van der Waals surface area contributed by atoms with Crippen LogP contribution in [0.25, 0.3) is 0 Å². The molecule has 1 aliphatic rings. The van der Waals surface area contributed by atoms with E-state index < -0.39 is 10.0 Å². The molecule has 2 N–H and O–H groups in total. The summed E-state index contributed by atoms with van der Waals surface area (Å²) in [5.74, 6) is 1.42. The van der Waals surface area contributed by atoms with E-state index in [-0.39, 0.29) is 24.0 Å². The number of nitrogens with zero attached hydrogens (tertiary/aromatic N) is 4. The Hall–Kier alpha value is -0.880. The predicted molar refractivity (Wildman–Crippen MR) is 106 cm³/mol. The lowest BCUT2D eigenvalue weighted by atomic mass is 10.0. The highest BCUT2D eigenvalue weighted by Gasteiger charge is 2.25. The number of hydrogen-bond acceptors (Lipinski definition) is 4. The molecule has 0 spiro atoms. The number of guanidine groups is 1. The van der Waals surface area contributed by atoms with Crippen molar-refractivity contribution < 1.29 is 8.42 Å². The normalized spacial score (nSPS) is 18.5. The monoisotopic (exact) mass is 470 g/mol. The summed E-state index contributed by atoms with van der Waals surface area (Å²) in [4.78, 5) is 6.51. The number of aliphatic imine (C=N–C) groups is 1. The van der Waals surface area contributed by atoms with Gasteiger partial charge in [-0.15, -0.1) is 24.0 Å². The van der Waals surface area contributed by atoms with Gasteiger partial charge < -0.3 is 10.2 Å². The quantitative estimate of drug-likeness (QED) is 0.265. The third-order valence-corrected chi connectivity index (χ3v) is 4.58. The van der Waals surface area contributed by atoms with Crippen LogP contribution in [0.2, 0.25) is 0 Å². The molecule has 1 aromatic rings. The maximum Gasteiger partial charge on any atom is 0.208 e. The third kappa shape index (κ3) is 6.93. The minimum Gasteiger partial charge on any atom is -0.355 e. The van der Waals surface area contributed by atoms with Crippen molar-refractivity contribution >= 4 is 40.0 Å². The van der Waals surface area contributed by atoms with Crippen LogP contribution < -0.4 is 10.0 Å². The molecule has 0 saturated carbocycles. The van der Waals surface area contributed by atoms with Crippen LogP contribution in [-0.4, -0.2) is 68.5 Å². The first kappa shape index (κ1) is 21.2. The lowest BCUT2D eigenvalue weighted by Crippen LogP contribution is -2.43. The van der Waals surface area contributed by atoms with Gasteiger partial charge in [0.05, 0.1) is 12.5 Å². The first-order chi connectivity index (χ1) is 10.9. The molecule has 2 rings (SSSR count). The van der Waals surface area contributed by atoms with Gasteiger partial charge in [0.15, 0.2) is 5.96 Å². The molecule has 0 amide bonds. The molecule has 138 valence electrons. The molecule has 0 bridgehead atoms. The van der Waals surface area contributed by atoms with Crippen LogP contribution in [-0.2, 0) is 23.5 Å². The molecule has 24 heavy (non-hydrogen) atoms. The van der Waals surface area contributed by atoms with Crippen molar-refractivity contribution in [2.75, 3.05) is 39.5 Å². The Balaban J connectivity index is 0.00000288. The Morgan fingerprint density at radius 1 is 1.46 bits per heavy atom. The van der Waals surface area contributed by atoms with Crippen molar-refractivity contribution in [1.82, 2.24) is 24.7 Å². The number of aromatic nitrogens is 2.